The number of hydrogen-bond acceptors (Lipinski definition) is 9. The first-order chi connectivity index (χ1) is 24.3. The summed E-state index contributed by atoms with van der Waals surface area (Å²) in [4.78, 5) is 30.7. The predicted octanol–water partition coefficient (Wildman–Crippen LogP) is 5.46. The summed E-state index contributed by atoms with van der Waals surface area (Å²) in [5.41, 5.74) is 0.933. The van der Waals surface area contributed by atoms with Crippen LogP contribution in [0, 0.1) is 5.92 Å². The zero-order valence-corrected chi connectivity index (χ0v) is 30.9. The highest BCUT2D eigenvalue weighted by Gasteiger charge is 2.31. The molecule has 3 amide bonds. The van der Waals surface area contributed by atoms with E-state index < -0.39 is 28.1 Å². The number of rotatable bonds is 10. The second-order valence-corrected chi connectivity index (χ2v) is 14.5. The van der Waals surface area contributed by atoms with Crippen LogP contribution in [0.5, 0.6) is 17.2 Å². The lowest BCUT2D eigenvalue weighted by Gasteiger charge is -2.35. The number of carbonyl (C=O) groups is 2. The van der Waals surface area contributed by atoms with Crippen molar-refractivity contribution in [2.75, 3.05) is 57.6 Å². The molecule has 0 aromatic heterocycles. The maximum Gasteiger partial charge on any atom is 0.321 e. The molecule has 13 nitrogen and oxygen atoms in total. The molecular formula is C37H50N4O9S. The van der Waals surface area contributed by atoms with E-state index in [9.17, 15) is 23.1 Å². The number of fused-ring (bicyclic) bond motifs is 1. The van der Waals surface area contributed by atoms with E-state index in [0.29, 0.717) is 36.0 Å². The number of sulfonamides is 1. The van der Waals surface area contributed by atoms with Gasteiger partial charge in [0.15, 0.2) is 0 Å². The first-order valence-corrected chi connectivity index (χ1v) is 18.5. The Hall–Kier alpha value is -4.53. The summed E-state index contributed by atoms with van der Waals surface area (Å²) >= 11 is 0. The molecule has 1 aliphatic rings. The zero-order valence-electron chi connectivity index (χ0n) is 30.1. The topological polar surface area (TPSA) is 156 Å². The molecule has 0 saturated carbocycles. The molecule has 0 radical (unpaired) electrons. The number of likely N-dealkylation sites (N-methyl/N-ethyl adjacent to an activating group) is 1. The van der Waals surface area contributed by atoms with Gasteiger partial charge >= 0.3 is 6.03 Å². The Labute approximate surface area is 300 Å². The zero-order chi connectivity index (χ0) is 37.1. The maximum absolute atomic E-state index is 14.4. The molecule has 4 rings (SSSR count). The lowest BCUT2D eigenvalue weighted by Crippen LogP contribution is -2.48. The van der Waals surface area contributed by atoms with E-state index in [4.69, 9.17) is 18.9 Å². The summed E-state index contributed by atoms with van der Waals surface area (Å²) < 4.78 is 52.1. The molecule has 0 unspecified atom stereocenters. The van der Waals surface area contributed by atoms with Crippen molar-refractivity contribution in [3.63, 3.8) is 0 Å². The average molecular weight is 727 g/mol. The molecule has 3 aromatic carbocycles. The molecule has 51 heavy (non-hydrogen) atoms. The third kappa shape index (κ3) is 10.7. The Balaban J connectivity index is 1.61. The van der Waals surface area contributed by atoms with Gasteiger partial charge in [-0.3, -0.25) is 9.52 Å². The minimum absolute atomic E-state index is 0.0256. The van der Waals surface area contributed by atoms with Crippen LogP contribution >= 0.6 is 0 Å². The summed E-state index contributed by atoms with van der Waals surface area (Å²) in [6, 6.07) is 16.7. The van der Waals surface area contributed by atoms with Crippen LogP contribution in [0.3, 0.4) is 0 Å². The molecule has 4 atom stereocenters. The molecule has 0 spiro atoms. The van der Waals surface area contributed by atoms with Crippen molar-refractivity contribution in [2.45, 2.75) is 63.2 Å². The Morgan fingerprint density at radius 1 is 1.00 bits per heavy atom. The number of nitrogens with zero attached hydrogens (tertiary/aromatic N) is 2. The molecule has 278 valence electrons. The van der Waals surface area contributed by atoms with Crippen LogP contribution in [0.4, 0.5) is 16.2 Å². The highest BCUT2D eigenvalue weighted by Crippen LogP contribution is 2.30. The van der Waals surface area contributed by atoms with Gasteiger partial charge in [-0.05, 0) is 99.8 Å². The summed E-state index contributed by atoms with van der Waals surface area (Å²) in [5.74, 6) is 0.775. The fourth-order valence-electron chi connectivity index (χ4n) is 5.66. The van der Waals surface area contributed by atoms with E-state index in [2.05, 4.69) is 10.0 Å². The van der Waals surface area contributed by atoms with Crippen molar-refractivity contribution in [2.24, 2.45) is 5.92 Å². The van der Waals surface area contributed by atoms with Gasteiger partial charge in [0.25, 0.3) is 15.9 Å². The molecular weight excluding hydrogens is 676 g/mol. The van der Waals surface area contributed by atoms with Crippen LogP contribution in [0.1, 0.15) is 50.4 Å². The molecule has 14 heteroatoms. The quantitative estimate of drug-likeness (QED) is 0.247. The van der Waals surface area contributed by atoms with Gasteiger partial charge < -0.3 is 39.2 Å². The molecule has 0 saturated heterocycles. The van der Waals surface area contributed by atoms with E-state index in [-0.39, 0.29) is 53.9 Å². The van der Waals surface area contributed by atoms with Crippen LogP contribution in [-0.4, -0.2) is 101 Å². The van der Waals surface area contributed by atoms with Gasteiger partial charge in [-0.25, -0.2) is 13.2 Å². The van der Waals surface area contributed by atoms with Gasteiger partial charge in [0.1, 0.15) is 17.2 Å². The summed E-state index contributed by atoms with van der Waals surface area (Å²) in [7, 11) is 0.746. The second-order valence-electron chi connectivity index (χ2n) is 12.8. The monoisotopic (exact) mass is 726 g/mol. The lowest BCUT2D eigenvalue weighted by atomic mass is 10.0. The van der Waals surface area contributed by atoms with Crippen molar-refractivity contribution in [3.05, 3.63) is 72.3 Å². The van der Waals surface area contributed by atoms with Crippen molar-refractivity contribution >= 4 is 33.3 Å². The maximum atomic E-state index is 14.4. The number of anilines is 2. The number of urea groups is 1. The van der Waals surface area contributed by atoms with E-state index in [1.54, 1.807) is 79.4 Å². The van der Waals surface area contributed by atoms with Crippen LogP contribution < -0.4 is 24.2 Å². The highest BCUT2D eigenvalue weighted by atomic mass is 32.2. The van der Waals surface area contributed by atoms with Gasteiger partial charge in [0.2, 0.25) is 0 Å². The molecule has 1 heterocycles. The normalized spacial score (nSPS) is 19.5. The molecule has 0 aliphatic carbocycles. The third-order valence-electron chi connectivity index (χ3n) is 8.82. The van der Waals surface area contributed by atoms with Gasteiger partial charge in [-0.15, -0.1) is 0 Å². The number of ether oxygens (including phenoxy) is 4. The smallest absolute Gasteiger partial charge is 0.321 e. The van der Waals surface area contributed by atoms with Crippen molar-refractivity contribution in [3.8, 4) is 17.2 Å². The molecule has 0 fully saturated rings. The predicted molar refractivity (Wildman–Crippen MR) is 195 cm³/mol. The number of aliphatic hydroxyl groups excluding tert-OH is 1. The van der Waals surface area contributed by atoms with Crippen LogP contribution in [0.2, 0.25) is 0 Å². The third-order valence-corrected chi connectivity index (χ3v) is 10.2. The van der Waals surface area contributed by atoms with Crippen LogP contribution in [0.15, 0.2) is 71.6 Å². The summed E-state index contributed by atoms with van der Waals surface area (Å²) in [6.07, 6.45) is 1.54. The van der Waals surface area contributed by atoms with Crippen molar-refractivity contribution in [1.82, 2.24) is 9.80 Å². The number of methoxy groups -OCH3 is 2. The van der Waals surface area contributed by atoms with Gasteiger partial charge in [-0.1, -0.05) is 6.92 Å². The number of nitrogens with one attached hydrogen (secondary N) is 2. The van der Waals surface area contributed by atoms with Crippen LogP contribution in [-0.2, 0) is 14.8 Å². The van der Waals surface area contributed by atoms with E-state index in [0.717, 1.165) is 12.8 Å². The number of carbonyl (C=O) groups excluding carboxylic acids is 2. The van der Waals surface area contributed by atoms with Crippen molar-refractivity contribution in [1.29, 1.82) is 0 Å². The highest BCUT2D eigenvalue weighted by molar-refractivity contribution is 7.92. The largest absolute Gasteiger partial charge is 0.497 e. The van der Waals surface area contributed by atoms with E-state index in [1.165, 1.54) is 25.3 Å². The number of aliphatic hydroxyl groups is 1. The summed E-state index contributed by atoms with van der Waals surface area (Å²) in [5, 5.41) is 13.1. The molecule has 1 aliphatic heterocycles. The van der Waals surface area contributed by atoms with E-state index >= 15 is 0 Å². The SMILES string of the molecule is COc1ccc(NC(=O)N(C)C[C@@H]2OCCCC[C@H](C)Oc3ccc(NS(=O)(=O)c4ccc(OC)cc4)cc3C(=O)N([C@H](C)CO)C[C@@H]2C)cc1. The Kier molecular flexibility index (Phi) is 13.9. The first kappa shape index (κ1) is 39.3. The minimum atomic E-state index is -4.01. The molecule has 0 bridgehead atoms. The number of hydrogen-bond donors (Lipinski definition) is 3. The van der Waals surface area contributed by atoms with Crippen molar-refractivity contribution < 1.29 is 42.1 Å². The van der Waals surface area contributed by atoms with E-state index in [1.807, 2.05) is 13.8 Å². The second kappa shape index (κ2) is 18.1. The Morgan fingerprint density at radius 2 is 1.63 bits per heavy atom. The first-order valence-electron chi connectivity index (χ1n) is 17.0. The average Bonchev–Trinajstić information content (AvgIpc) is 3.12. The van der Waals surface area contributed by atoms with Gasteiger partial charge in [0.05, 0.1) is 49.5 Å². The number of amides is 3. The van der Waals surface area contributed by atoms with Gasteiger partial charge in [0, 0.05) is 44.0 Å². The Bertz CT molecular complexity index is 1700. The number of benzene rings is 3. The lowest BCUT2D eigenvalue weighted by molar-refractivity contribution is -0.0115. The molecule has 3 N–H and O–H groups in total. The van der Waals surface area contributed by atoms with Crippen LogP contribution in [0.25, 0.3) is 0 Å². The summed E-state index contributed by atoms with van der Waals surface area (Å²) in [6.45, 7) is 6.14. The molecule has 3 aromatic rings. The Morgan fingerprint density at radius 3 is 2.25 bits per heavy atom. The minimum Gasteiger partial charge on any atom is -0.497 e. The van der Waals surface area contributed by atoms with Gasteiger partial charge in [-0.2, -0.15) is 0 Å². The fraction of sp³-hybridized carbons (Fsp3) is 0.459. The fourth-order valence-corrected chi connectivity index (χ4v) is 6.71. The standard InChI is InChI=1S/C37H50N4O9S/c1-25-22-41(26(2)24-42)36(43)33-21-29(39-51(45,46)32-17-15-31(48-6)16-18-32)12-19-34(33)50-27(3)9-7-8-20-49-35(25)23-40(4)37(44)38-28-10-13-30(47-5)14-11-28/h10-19,21,25-27,35,39,42H,7-9,20,22-24H2,1-6H3,(H,38,44)/t25-,26+,27-,35-/m0/s1.